The number of aromatic amines is 1. The highest BCUT2D eigenvalue weighted by Gasteiger charge is 2.59. The van der Waals surface area contributed by atoms with Crippen molar-refractivity contribution in [2.24, 2.45) is 40.4 Å². The van der Waals surface area contributed by atoms with Crippen LogP contribution in [0, 0.1) is 47.3 Å². The zero-order chi connectivity index (χ0) is 23.5. The van der Waals surface area contributed by atoms with Gasteiger partial charge in [0.05, 0.1) is 10.9 Å². The molecule has 4 aliphatic carbocycles. The first-order valence-corrected chi connectivity index (χ1v) is 14.4. The molecule has 4 fully saturated rings. The molecule has 1 aromatic carbocycles. The Hall–Kier alpha value is -1.64. The zero-order valence-electron chi connectivity index (χ0n) is 21.7. The van der Waals surface area contributed by atoms with E-state index in [0.29, 0.717) is 10.8 Å². The molecule has 184 valence electrons. The van der Waals surface area contributed by atoms with Crippen LogP contribution in [0.3, 0.4) is 0 Å². The maximum atomic E-state index is 12.6. The van der Waals surface area contributed by atoms with Crippen molar-refractivity contribution >= 4 is 10.9 Å². The molecule has 7 atom stereocenters. The van der Waals surface area contributed by atoms with E-state index in [1.165, 1.54) is 70.6 Å². The molecule has 0 amide bonds. The third-order valence-electron chi connectivity index (χ3n) is 11.7. The molecular weight excluding hydrogens is 416 g/mol. The molecule has 4 aliphatic rings. The summed E-state index contributed by atoms with van der Waals surface area (Å²) >= 11 is 0. The Kier molecular flexibility index (Phi) is 5.69. The van der Waals surface area contributed by atoms with Crippen LogP contribution in [0.4, 0.5) is 0 Å². The number of fused-ring (bicyclic) bond motifs is 6. The Bertz CT molecular complexity index is 1120. The van der Waals surface area contributed by atoms with Crippen LogP contribution < -0.4 is 5.56 Å². The highest BCUT2D eigenvalue weighted by Crippen LogP contribution is 2.67. The van der Waals surface area contributed by atoms with E-state index < -0.39 is 0 Å². The van der Waals surface area contributed by atoms with Crippen molar-refractivity contribution in [1.82, 2.24) is 9.97 Å². The molecule has 6 rings (SSSR count). The first-order chi connectivity index (χ1) is 16.4. The summed E-state index contributed by atoms with van der Waals surface area (Å²) in [6.45, 7) is 7.35. The number of hydrogen-bond donors (Lipinski definition) is 1. The van der Waals surface area contributed by atoms with E-state index in [9.17, 15) is 4.79 Å². The van der Waals surface area contributed by atoms with Gasteiger partial charge in [-0.2, -0.15) is 0 Å². The first kappa shape index (κ1) is 22.8. The van der Waals surface area contributed by atoms with Crippen LogP contribution in [0.15, 0.2) is 23.0 Å². The summed E-state index contributed by atoms with van der Waals surface area (Å²) in [5.74, 6) is 5.69. The molecule has 4 saturated carbocycles. The van der Waals surface area contributed by atoms with Gasteiger partial charge in [0.2, 0.25) is 0 Å². The van der Waals surface area contributed by atoms with Crippen LogP contribution in [-0.4, -0.2) is 9.97 Å². The van der Waals surface area contributed by atoms with E-state index in [1.54, 1.807) is 0 Å². The molecule has 0 radical (unpaired) electrons. The van der Waals surface area contributed by atoms with Gasteiger partial charge in [-0.05, 0) is 123 Å². The molecule has 0 bridgehead atoms. The summed E-state index contributed by atoms with van der Waals surface area (Å²) in [5.41, 5.74) is 3.06. The lowest BCUT2D eigenvalue weighted by molar-refractivity contribution is -0.111. The maximum Gasteiger partial charge on any atom is 0.259 e. The summed E-state index contributed by atoms with van der Waals surface area (Å²) in [6.07, 6.45) is 18.1. The number of benzene rings is 1. The fourth-order valence-corrected chi connectivity index (χ4v) is 9.92. The van der Waals surface area contributed by atoms with Crippen molar-refractivity contribution in [3.8, 4) is 0 Å². The fraction of sp³-hybridized carbons (Fsp3) is 0.742. The quantitative estimate of drug-likeness (QED) is 0.510. The Labute approximate surface area is 205 Å². The summed E-state index contributed by atoms with van der Waals surface area (Å²) in [4.78, 5) is 20.5. The van der Waals surface area contributed by atoms with E-state index >= 15 is 0 Å². The highest BCUT2D eigenvalue weighted by molar-refractivity contribution is 5.80. The third-order valence-corrected chi connectivity index (χ3v) is 11.7. The van der Waals surface area contributed by atoms with Gasteiger partial charge in [0.15, 0.2) is 0 Å². The molecule has 3 nitrogen and oxygen atoms in total. The zero-order valence-corrected chi connectivity index (χ0v) is 21.7. The van der Waals surface area contributed by atoms with E-state index in [0.717, 1.165) is 64.7 Å². The minimum Gasteiger partial charge on any atom is -0.310 e. The van der Waals surface area contributed by atoms with Gasteiger partial charge < -0.3 is 4.98 Å². The Morgan fingerprint density at radius 1 is 0.971 bits per heavy atom. The highest BCUT2D eigenvalue weighted by atomic mass is 16.1. The molecule has 0 saturated heterocycles. The topological polar surface area (TPSA) is 45.8 Å². The molecule has 3 heteroatoms. The Morgan fingerprint density at radius 2 is 1.82 bits per heavy atom. The largest absolute Gasteiger partial charge is 0.310 e. The number of H-pyrrole nitrogens is 1. The van der Waals surface area contributed by atoms with Crippen LogP contribution >= 0.6 is 0 Å². The number of nitrogens with one attached hydrogen (secondary N) is 1. The smallest absolute Gasteiger partial charge is 0.259 e. The predicted octanol–water partition coefficient (Wildman–Crippen LogP) is 7.60. The molecule has 2 aromatic rings. The van der Waals surface area contributed by atoms with Crippen LogP contribution in [0.2, 0.25) is 0 Å². The molecule has 0 spiro atoms. The summed E-state index contributed by atoms with van der Waals surface area (Å²) in [5, 5.41) is 0.746. The van der Waals surface area contributed by atoms with Crippen molar-refractivity contribution in [3.05, 3.63) is 39.9 Å². The van der Waals surface area contributed by atoms with Crippen LogP contribution in [0.5, 0.6) is 0 Å². The van der Waals surface area contributed by atoms with E-state index in [-0.39, 0.29) is 5.56 Å². The second-order valence-electron chi connectivity index (χ2n) is 13.1. The lowest BCUT2D eigenvalue weighted by Gasteiger charge is -2.60. The van der Waals surface area contributed by atoms with Crippen LogP contribution in [0.1, 0.15) is 102 Å². The van der Waals surface area contributed by atoms with Gasteiger partial charge in [0.1, 0.15) is 5.82 Å². The molecule has 1 aromatic heterocycles. The van der Waals surface area contributed by atoms with Crippen molar-refractivity contribution in [1.29, 1.82) is 0 Å². The number of rotatable bonds is 4. The van der Waals surface area contributed by atoms with Gasteiger partial charge in [0, 0.05) is 6.42 Å². The Balaban J connectivity index is 1.13. The van der Waals surface area contributed by atoms with Crippen molar-refractivity contribution < 1.29 is 0 Å². The number of aromatic nitrogens is 2. The fourth-order valence-electron chi connectivity index (χ4n) is 9.92. The lowest BCUT2D eigenvalue weighted by atomic mass is 9.45. The number of hydrogen-bond acceptors (Lipinski definition) is 2. The summed E-state index contributed by atoms with van der Waals surface area (Å²) in [6, 6.07) is 5.97. The minimum atomic E-state index is 0.0242. The van der Waals surface area contributed by atoms with Crippen LogP contribution in [-0.2, 0) is 6.42 Å². The minimum absolute atomic E-state index is 0.0242. The third kappa shape index (κ3) is 3.51. The van der Waals surface area contributed by atoms with Gasteiger partial charge >= 0.3 is 0 Å². The first-order valence-electron chi connectivity index (χ1n) is 14.4. The average molecular weight is 461 g/mol. The van der Waals surface area contributed by atoms with Crippen LogP contribution in [0.25, 0.3) is 10.9 Å². The second kappa shape index (κ2) is 8.49. The SMILES string of the molecule is Cc1cccc2nc(CCCC3CCC4C5CCC6CCCCC6(C)C5CCC34C)[nH]c(=O)c12. The maximum absolute atomic E-state index is 12.6. The van der Waals surface area contributed by atoms with Crippen molar-refractivity contribution in [2.45, 2.75) is 104 Å². The lowest BCUT2D eigenvalue weighted by Crippen LogP contribution is -2.52. The van der Waals surface area contributed by atoms with Crippen molar-refractivity contribution in [3.63, 3.8) is 0 Å². The van der Waals surface area contributed by atoms with E-state index in [1.807, 2.05) is 25.1 Å². The van der Waals surface area contributed by atoms with Gasteiger partial charge in [-0.25, -0.2) is 4.98 Å². The summed E-state index contributed by atoms with van der Waals surface area (Å²) in [7, 11) is 0. The predicted molar refractivity (Wildman–Crippen MR) is 140 cm³/mol. The number of aryl methyl sites for hydroxylation is 2. The van der Waals surface area contributed by atoms with Gasteiger partial charge in [0.25, 0.3) is 5.56 Å². The molecule has 34 heavy (non-hydrogen) atoms. The number of nitrogens with zero attached hydrogens (tertiary/aromatic N) is 1. The normalized spacial score (nSPS) is 39.4. The van der Waals surface area contributed by atoms with Gasteiger partial charge in [-0.1, -0.05) is 38.8 Å². The monoisotopic (exact) mass is 460 g/mol. The molecule has 1 heterocycles. The molecule has 1 N–H and O–H groups in total. The van der Waals surface area contributed by atoms with E-state index in [2.05, 4.69) is 18.8 Å². The molecule has 0 aliphatic heterocycles. The average Bonchev–Trinajstić information content (AvgIpc) is 3.15. The van der Waals surface area contributed by atoms with Gasteiger partial charge in [-0.15, -0.1) is 0 Å². The molecular formula is C31H44N2O. The van der Waals surface area contributed by atoms with E-state index in [4.69, 9.17) is 4.98 Å². The van der Waals surface area contributed by atoms with Crippen molar-refractivity contribution in [2.75, 3.05) is 0 Å². The molecule has 7 unspecified atom stereocenters. The Morgan fingerprint density at radius 3 is 2.71 bits per heavy atom. The second-order valence-corrected chi connectivity index (χ2v) is 13.1. The standard InChI is InChI=1S/C31H44N2O/c1-20-8-6-11-26-28(20)29(34)33-27(32-26)12-7-10-22-14-16-24-23-15-13-21-9-4-5-18-30(21,2)25(23)17-19-31(22,24)3/h6,8,11,21-25H,4-5,7,9-10,12-19H2,1-3H3,(H,32,33,34). The van der Waals surface area contributed by atoms with Gasteiger partial charge in [-0.3, -0.25) is 4.79 Å². The summed E-state index contributed by atoms with van der Waals surface area (Å²) < 4.78 is 0.